The fourth-order valence-electron chi connectivity index (χ4n) is 3.80. The molecule has 1 saturated heterocycles. The molecule has 1 aliphatic heterocycles. The normalized spacial score (nSPS) is 13.9. The van der Waals surface area contributed by atoms with E-state index in [1.165, 1.54) is 0 Å². The second-order valence-corrected chi connectivity index (χ2v) is 7.87. The molecular weight excluding hydrogens is 398 g/mol. The van der Waals surface area contributed by atoms with Crippen LogP contribution in [0.3, 0.4) is 0 Å². The Bertz CT molecular complexity index is 1100. The van der Waals surface area contributed by atoms with E-state index in [0.29, 0.717) is 18.7 Å². The molecule has 0 spiro atoms. The summed E-state index contributed by atoms with van der Waals surface area (Å²) in [6, 6.07) is 25.3. The van der Waals surface area contributed by atoms with Gasteiger partial charge in [0.2, 0.25) is 5.91 Å². The molecule has 1 fully saturated rings. The summed E-state index contributed by atoms with van der Waals surface area (Å²) in [5, 5.41) is 2.96. The number of hydrogen-bond acceptors (Lipinski definition) is 3. The molecule has 0 unspecified atom stereocenters. The maximum absolute atomic E-state index is 12.5. The summed E-state index contributed by atoms with van der Waals surface area (Å²) >= 11 is 0. The smallest absolute Gasteiger partial charge is 0.255 e. The van der Waals surface area contributed by atoms with Gasteiger partial charge < -0.3 is 15.1 Å². The number of anilines is 2. The van der Waals surface area contributed by atoms with Gasteiger partial charge in [-0.15, -0.1) is 0 Å². The molecule has 5 nitrogen and oxygen atoms in total. The third kappa shape index (κ3) is 5.24. The number of piperazine rings is 1. The Hall–Kier alpha value is -3.86. The summed E-state index contributed by atoms with van der Waals surface area (Å²) < 4.78 is 0. The van der Waals surface area contributed by atoms with Gasteiger partial charge in [-0.25, -0.2) is 0 Å². The van der Waals surface area contributed by atoms with Crippen LogP contribution in [0.15, 0.2) is 84.9 Å². The molecule has 2 amide bonds. The molecule has 162 valence electrons. The van der Waals surface area contributed by atoms with Crippen LogP contribution in [0, 0.1) is 6.92 Å². The zero-order chi connectivity index (χ0) is 22.3. The lowest BCUT2D eigenvalue weighted by atomic mass is 10.1. The number of nitrogens with one attached hydrogen (secondary N) is 1. The first-order chi connectivity index (χ1) is 15.6. The summed E-state index contributed by atoms with van der Waals surface area (Å²) in [5.41, 5.74) is 4.51. The lowest BCUT2D eigenvalue weighted by Gasteiger charge is -2.35. The molecule has 1 heterocycles. The molecule has 1 aliphatic rings. The summed E-state index contributed by atoms with van der Waals surface area (Å²) in [5.74, 6) is -0.0608. The van der Waals surface area contributed by atoms with E-state index in [2.05, 4.69) is 10.2 Å². The summed E-state index contributed by atoms with van der Waals surface area (Å²) in [6.07, 6.45) is 3.51. The van der Waals surface area contributed by atoms with Crippen LogP contribution in [-0.2, 0) is 4.79 Å². The molecule has 32 heavy (non-hydrogen) atoms. The largest absolute Gasteiger partial charge is 0.368 e. The Balaban J connectivity index is 1.30. The Morgan fingerprint density at radius 1 is 0.812 bits per heavy atom. The maximum Gasteiger partial charge on any atom is 0.255 e. The summed E-state index contributed by atoms with van der Waals surface area (Å²) in [6.45, 7) is 4.85. The van der Waals surface area contributed by atoms with Gasteiger partial charge in [-0.2, -0.15) is 0 Å². The molecule has 0 aromatic heterocycles. The van der Waals surface area contributed by atoms with Crippen molar-refractivity contribution in [1.29, 1.82) is 0 Å². The van der Waals surface area contributed by atoms with Crippen molar-refractivity contribution < 1.29 is 9.59 Å². The molecular formula is C27H27N3O2. The number of amides is 2. The maximum atomic E-state index is 12.5. The van der Waals surface area contributed by atoms with Crippen molar-refractivity contribution in [1.82, 2.24) is 4.90 Å². The number of rotatable bonds is 5. The molecule has 0 aliphatic carbocycles. The number of carbonyl (C=O) groups excluding carboxylic acids is 2. The topological polar surface area (TPSA) is 52.7 Å². The predicted molar refractivity (Wildman–Crippen MR) is 130 cm³/mol. The lowest BCUT2D eigenvalue weighted by molar-refractivity contribution is -0.126. The zero-order valence-corrected chi connectivity index (χ0v) is 18.2. The van der Waals surface area contributed by atoms with E-state index in [1.54, 1.807) is 6.08 Å². The minimum Gasteiger partial charge on any atom is -0.368 e. The second-order valence-electron chi connectivity index (χ2n) is 7.87. The highest BCUT2D eigenvalue weighted by molar-refractivity contribution is 6.05. The first-order valence-corrected chi connectivity index (χ1v) is 10.8. The van der Waals surface area contributed by atoms with E-state index in [-0.39, 0.29) is 11.8 Å². The Morgan fingerprint density at radius 2 is 1.47 bits per heavy atom. The van der Waals surface area contributed by atoms with Crippen LogP contribution in [0.1, 0.15) is 21.5 Å². The van der Waals surface area contributed by atoms with Crippen molar-refractivity contribution in [3.05, 3.63) is 102 Å². The standard InChI is InChI=1S/C27H27N3O2/c1-21-7-5-6-10-25(21)27(32)28-23-12-14-24(15-13-23)29-17-19-30(20-18-29)26(31)16-11-22-8-3-2-4-9-22/h2-16H,17-20H2,1H3,(H,28,32)/b16-11+. The van der Waals surface area contributed by atoms with Gasteiger partial charge in [-0.3, -0.25) is 9.59 Å². The Morgan fingerprint density at radius 3 is 2.16 bits per heavy atom. The van der Waals surface area contributed by atoms with E-state index in [9.17, 15) is 9.59 Å². The summed E-state index contributed by atoms with van der Waals surface area (Å²) in [7, 11) is 0. The van der Waals surface area contributed by atoms with Crippen LogP contribution in [0.5, 0.6) is 0 Å². The second kappa shape index (κ2) is 9.96. The molecule has 3 aromatic carbocycles. The molecule has 0 atom stereocenters. The quantitative estimate of drug-likeness (QED) is 0.608. The number of aryl methyl sites for hydroxylation is 1. The van der Waals surface area contributed by atoms with Crippen LogP contribution < -0.4 is 10.2 Å². The van der Waals surface area contributed by atoms with Gasteiger partial charge in [0.25, 0.3) is 5.91 Å². The lowest BCUT2D eigenvalue weighted by Crippen LogP contribution is -2.48. The average Bonchev–Trinajstić information content (AvgIpc) is 2.84. The zero-order valence-electron chi connectivity index (χ0n) is 18.2. The van der Waals surface area contributed by atoms with Gasteiger partial charge in [0.15, 0.2) is 0 Å². The monoisotopic (exact) mass is 425 g/mol. The van der Waals surface area contributed by atoms with Crippen LogP contribution in [0.2, 0.25) is 0 Å². The van der Waals surface area contributed by atoms with E-state index in [4.69, 9.17) is 0 Å². The molecule has 5 heteroatoms. The third-order valence-electron chi connectivity index (χ3n) is 5.69. The van der Waals surface area contributed by atoms with E-state index < -0.39 is 0 Å². The first kappa shape index (κ1) is 21.4. The average molecular weight is 426 g/mol. The van der Waals surface area contributed by atoms with E-state index in [0.717, 1.165) is 35.6 Å². The van der Waals surface area contributed by atoms with Gasteiger partial charge in [-0.1, -0.05) is 48.5 Å². The molecule has 0 bridgehead atoms. The molecule has 0 radical (unpaired) electrons. The first-order valence-electron chi connectivity index (χ1n) is 10.8. The highest BCUT2D eigenvalue weighted by Gasteiger charge is 2.20. The van der Waals surface area contributed by atoms with Crippen molar-refractivity contribution in [2.75, 3.05) is 36.4 Å². The van der Waals surface area contributed by atoms with Gasteiger partial charge in [0.1, 0.15) is 0 Å². The van der Waals surface area contributed by atoms with Crippen molar-refractivity contribution in [3.8, 4) is 0 Å². The van der Waals surface area contributed by atoms with Gasteiger partial charge in [0, 0.05) is 49.2 Å². The van der Waals surface area contributed by atoms with Crippen molar-refractivity contribution in [2.24, 2.45) is 0 Å². The number of hydrogen-bond donors (Lipinski definition) is 1. The van der Waals surface area contributed by atoms with E-state index >= 15 is 0 Å². The van der Waals surface area contributed by atoms with Gasteiger partial charge in [-0.05, 0) is 54.5 Å². The number of carbonyl (C=O) groups is 2. The minimum atomic E-state index is -0.105. The van der Waals surface area contributed by atoms with E-state index in [1.807, 2.05) is 96.8 Å². The Kier molecular flexibility index (Phi) is 6.66. The Labute approximate surface area is 189 Å². The molecule has 1 N–H and O–H groups in total. The highest BCUT2D eigenvalue weighted by Crippen LogP contribution is 2.20. The fourth-order valence-corrected chi connectivity index (χ4v) is 3.80. The van der Waals surface area contributed by atoms with Crippen molar-refractivity contribution >= 4 is 29.3 Å². The van der Waals surface area contributed by atoms with Crippen LogP contribution in [0.4, 0.5) is 11.4 Å². The molecule has 0 saturated carbocycles. The molecule has 4 rings (SSSR count). The van der Waals surface area contributed by atoms with Gasteiger partial charge >= 0.3 is 0 Å². The van der Waals surface area contributed by atoms with Crippen molar-refractivity contribution in [3.63, 3.8) is 0 Å². The minimum absolute atomic E-state index is 0.0442. The van der Waals surface area contributed by atoms with Crippen LogP contribution >= 0.6 is 0 Å². The third-order valence-corrected chi connectivity index (χ3v) is 5.69. The predicted octanol–water partition coefficient (Wildman–Crippen LogP) is 4.61. The van der Waals surface area contributed by atoms with Crippen molar-refractivity contribution in [2.45, 2.75) is 6.92 Å². The summed E-state index contributed by atoms with van der Waals surface area (Å²) in [4.78, 5) is 29.1. The van der Waals surface area contributed by atoms with Gasteiger partial charge in [0.05, 0.1) is 0 Å². The highest BCUT2D eigenvalue weighted by atomic mass is 16.2. The number of nitrogens with zero attached hydrogens (tertiary/aromatic N) is 2. The van der Waals surface area contributed by atoms with Crippen LogP contribution in [-0.4, -0.2) is 42.9 Å². The number of benzene rings is 3. The molecule has 3 aromatic rings. The SMILES string of the molecule is Cc1ccccc1C(=O)Nc1ccc(N2CCN(C(=O)/C=C/c3ccccc3)CC2)cc1. The fraction of sp³-hybridized carbons (Fsp3) is 0.185. The van der Waals surface area contributed by atoms with Crippen LogP contribution in [0.25, 0.3) is 6.08 Å².